The fourth-order valence-corrected chi connectivity index (χ4v) is 3.96. The minimum Gasteiger partial charge on any atom is -0.443 e. The molecule has 8 nitrogen and oxygen atoms in total. The zero-order valence-electron chi connectivity index (χ0n) is 16.7. The monoisotopic (exact) mass is 398 g/mol. The van der Waals surface area contributed by atoms with E-state index in [2.05, 4.69) is 15.1 Å². The van der Waals surface area contributed by atoms with Gasteiger partial charge in [0.2, 0.25) is 0 Å². The molecule has 2 aromatic rings. The van der Waals surface area contributed by atoms with Gasteiger partial charge in [-0.25, -0.2) is 4.79 Å². The summed E-state index contributed by atoms with van der Waals surface area (Å²) in [4.78, 5) is 23.2. The molecule has 0 radical (unpaired) electrons. The fourth-order valence-electron chi connectivity index (χ4n) is 3.96. The first kappa shape index (κ1) is 18.5. The fraction of sp³-hybridized carbons (Fsp3) is 0.619. The number of aromatic nitrogens is 3. The number of piperidine rings is 1. The molecule has 8 heteroatoms. The number of rotatable bonds is 4. The molecule has 0 aromatic carbocycles. The highest BCUT2D eigenvalue weighted by Gasteiger charge is 2.43. The summed E-state index contributed by atoms with van der Waals surface area (Å²) in [6, 6.07) is 3.92. The van der Waals surface area contributed by atoms with Crippen LogP contribution in [-0.4, -0.2) is 58.0 Å². The Hall–Kier alpha value is -2.48. The molecule has 1 aliphatic carbocycles. The number of hydrogen-bond acceptors (Lipinski definition) is 7. The molecule has 0 bridgehead atoms. The first-order valence-corrected chi connectivity index (χ1v) is 10.5. The second-order valence-corrected chi connectivity index (χ2v) is 8.57. The van der Waals surface area contributed by atoms with Crippen LogP contribution in [0.5, 0.6) is 0 Å². The van der Waals surface area contributed by atoms with Crippen LogP contribution >= 0.6 is 0 Å². The average molecular weight is 398 g/mol. The molecule has 3 aliphatic rings. The number of hydrogen-bond donors (Lipinski definition) is 0. The smallest absolute Gasteiger partial charge is 0.410 e. The predicted molar refractivity (Wildman–Crippen MR) is 103 cm³/mol. The Morgan fingerprint density at radius 3 is 2.79 bits per heavy atom. The lowest BCUT2D eigenvalue weighted by atomic mass is 9.96. The number of carbonyl (C=O) groups excluding carboxylic acids is 1. The minimum absolute atomic E-state index is 0.192. The Morgan fingerprint density at radius 2 is 2.07 bits per heavy atom. The van der Waals surface area contributed by atoms with Gasteiger partial charge < -0.3 is 18.9 Å². The van der Waals surface area contributed by atoms with Crippen molar-refractivity contribution in [1.82, 2.24) is 20.0 Å². The number of pyridine rings is 1. The van der Waals surface area contributed by atoms with E-state index in [1.165, 1.54) is 0 Å². The Kier molecular flexibility index (Phi) is 4.73. The van der Waals surface area contributed by atoms with Gasteiger partial charge in [0, 0.05) is 49.0 Å². The lowest BCUT2D eigenvalue weighted by Gasteiger charge is -2.30. The van der Waals surface area contributed by atoms with Crippen molar-refractivity contribution in [2.45, 2.75) is 56.5 Å². The van der Waals surface area contributed by atoms with Gasteiger partial charge >= 0.3 is 6.09 Å². The van der Waals surface area contributed by atoms with Crippen molar-refractivity contribution in [3.63, 3.8) is 0 Å². The van der Waals surface area contributed by atoms with Crippen molar-refractivity contribution in [3.05, 3.63) is 29.8 Å². The van der Waals surface area contributed by atoms with Crippen molar-refractivity contribution in [1.29, 1.82) is 0 Å². The van der Waals surface area contributed by atoms with Crippen molar-refractivity contribution in [3.8, 4) is 11.5 Å². The topological polar surface area (TPSA) is 90.6 Å². The van der Waals surface area contributed by atoms with E-state index in [1.807, 2.05) is 19.1 Å². The van der Waals surface area contributed by atoms with E-state index in [1.54, 1.807) is 11.1 Å². The zero-order chi connectivity index (χ0) is 19.8. The van der Waals surface area contributed by atoms with E-state index in [-0.39, 0.29) is 17.6 Å². The molecule has 0 N–H and O–H groups in total. The maximum atomic E-state index is 12.3. The van der Waals surface area contributed by atoms with Crippen LogP contribution in [0.2, 0.25) is 0 Å². The Morgan fingerprint density at radius 1 is 1.24 bits per heavy atom. The van der Waals surface area contributed by atoms with Gasteiger partial charge in [0.15, 0.2) is 5.82 Å². The van der Waals surface area contributed by atoms with Gasteiger partial charge in [0.05, 0.1) is 6.61 Å². The van der Waals surface area contributed by atoms with E-state index >= 15 is 0 Å². The number of carbonyl (C=O) groups is 1. The SMILES string of the molecule is CC1(OC(=O)N2CCC(c3noc(-c4ccnc([C@H]5CCOC5)c4)n3)CC2)CC1. The highest BCUT2D eigenvalue weighted by atomic mass is 16.6. The van der Waals surface area contributed by atoms with Gasteiger partial charge in [-0.2, -0.15) is 4.98 Å². The first-order chi connectivity index (χ1) is 14.1. The van der Waals surface area contributed by atoms with E-state index in [4.69, 9.17) is 14.0 Å². The van der Waals surface area contributed by atoms with Gasteiger partial charge in [0.1, 0.15) is 5.60 Å². The third kappa shape index (κ3) is 3.99. The summed E-state index contributed by atoms with van der Waals surface area (Å²) in [5.74, 6) is 1.76. The zero-order valence-corrected chi connectivity index (χ0v) is 16.7. The summed E-state index contributed by atoms with van der Waals surface area (Å²) in [6.45, 7) is 4.80. The number of likely N-dealkylation sites (tertiary alicyclic amines) is 1. The van der Waals surface area contributed by atoms with Crippen molar-refractivity contribution < 1.29 is 18.8 Å². The maximum Gasteiger partial charge on any atom is 0.410 e. The normalized spacial score (nSPS) is 23.9. The molecule has 1 amide bonds. The third-order valence-corrected chi connectivity index (χ3v) is 6.22. The molecular weight excluding hydrogens is 372 g/mol. The molecule has 4 heterocycles. The maximum absolute atomic E-state index is 12.3. The Labute approximate surface area is 169 Å². The lowest BCUT2D eigenvalue weighted by Crippen LogP contribution is -2.40. The molecule has 0 unspecified atom stereocenters. The largest absolute Gasteiger partial charge is 0.443 e. The summed E-state index contributed by atoms with van der Waals surface area (Å²) in [6.07, 6.45) is 6.13. The Bertz CT molecular complexity index is 880. The molecule has 2 saturated heterocycles. The van der Waals surface area contributed by atoms with Crippen LogP contribution in [0.3, 0.4) is 0 Å². The molecule has 0 spiro atoms. The molecule has 2 aliphatic heterocycles. The van der Waals surface area contributed by atoms with Crippen LogP contribution in [0.15, 0.2) is 22.9 Å². The molecule has 1 saturated carbocycles. The standard InChI is InChI=1S/C21H26N4O4/c1-21(6-7-21)28-20(26)25-9-3-14(4-10-25)18-23-19(29-24-18)15-2-8-22-17(12-15)16-5-11-27-13-16/h2,8,12,14,16H,3-7,9-11,13H2,1H3/t16-/m0/s1. The molecule has 154 valence electrons. The summed E-state index contributed by atoms with van der Waals surface area (Å²) in [5, 5.41) is 4.22. The predicted octanol–water partition coefficient (Wildman–Crippen LogP) is 3.50. The lowest BCUT2D eigenvalue weighted by molar-refractivity contribution is 0.0518. The molecule has 29 heavy (non-hydrogen) atoms. The summed E-state index contributed by atoms with van der Waals surface area (Å²) in [5.41, 5.74) is 1.67. The van der Waals surface area contributed by atoms with E-state index in [9.17, 15) is 4.79 Å². The van der Waals surface area contributed by atoms with E-state index < -0.39 is 0 Å². The van der Waals surface area contributed by atoms with Crippen molar-refractivity contribution >= 4 is 6.09 Å². The quantitative estimate of drug-likeness (QED) is 0.778. The Balaban J connectivity index is 1.22. The minimum atomic E-state index is -0.232. The van der Waals surface area contributed by atoms with Crippen molar-refractivity contribution in [2.24, 2.45) is 0 Å². The van der Waals surface area contributed by atoms with Crippen molar-refractivity contribution in [2.75, 3.05) is 26.3 Å². The molecule has 1 atom stereocenters. The van der Waals surface area contributed by atoms with Gasteiger partial charge in [-0.1, -0.05) is 5.16 Å². The molecule has 3 fully saturated rings. The van der Waals surface area contributed by atoms with Crippen LogP contribution in [0.25, 0.3) is 11.5 Å². The van der Waals surface area contributed by atoms with Gasteiger partial charge in [0.25, 0.3) is 5.89 Å². The number of ether oxygens (including phenoxy) is 2. The van der Waals surface area contributed by atoms with Gasteiger partial charge in [-0.05, 0) is 51.2 Å². The van der Waals surface area contributed by atoms with Crippen LogP contribution in [0.4, 0.5) is 4.79 Å². The number of nitrogens with zero attached hydrogens (tertiary/aromatic N) is 4. The summed E-state index contributed by atoms with van der Waals surface area (Å²) in [7, 11) is 0. The first-order valence-electron chi connectivity index (χ1n) is 10.5. The highest BCUT2D eigenvalue weighted by Crippen LogP contribution is 2.39. The second kappa shape index (κ2) is 7.40. The third-order valence-electron chi connectivity index (χ3n) is 6.22. The van der Waals surface area contributed by atoms with Gasteiger partial charge in [-0.15, -0.1) is 0 Å². The summed E-state index contributed by atoms with van der Waals surface area (Å²) >= 11 is 0. The van der Waals surface area contributed by atoms with E-state index in [0.717, 1.165) is 50.0 Å². The second-order valence-electron chi connectivity index (χ2n) is 8.57. The summed E-state index contributed by atoms with van der Waals surface area (Å²) < 4.78 is 16.6. The van der Waals surface area contributed by atoms with Crippen LogP contribution in [0, 0.1) is 0 Å². The molecular formula is C21H26N4O4. The van der Waals surface area contributed by atoms with Crippen LogP contribution in [0.1, 0.15) is 62.4 Å². The number of amides is 1. The molecule has 5 rings (SSSR count). The van der Waals surface area contributed by atoms with Crippen LogP contribution < -0.4 is 0 Å². The average Bonchev–Trinajstić information content (AvgIpc) is 3.18. The molecule has 2 aromatic heterocycles. The highest BCUT2D eigenvalue weighted by molar-refractivity contribution is 5.68. The van der Waals surface area contributed by atoms with Gasteiger partial charge in [-0.3, -0.25) is 4.98 Å². The van der Waals surface area contributed by atoms with Crippen LogP contribution in [-0.2, 0) is 9.47 Å². The van der Waals surface area contributed by atoms with E-state index in [0.29, 0.717) is 37.3 Å².